The maximum atomic E-state index is 13.4. The number of nitrogens with zero attached hydrogens (tertiary/aromatic N) is 3. The first-order valence-electron chi connectivity index (χ1n) is 13.5. The number of aromatic nitrogens is 4. The van der Waals surface area contributed by atoms with Gasteiger partial charge in [0.1, 0.15) is 5.65 Å². The zero-order chi connectivity index (χ0) is 25.6. The Morgan fingerprint density at radius 1 is 1.16 bits per heavy atom. The average Bonchev–Trinajstić information content (AvgIpc) is 3.60. The third-order valence-electron chi connectivity index (χ3n) is 7.32. The molecule has 37 heavy (non-hydrogen) atoms. The summed E-state index contributed by atoms with van der Waals surface area (Å²) in [4.78, 5) is 25.6. The molecule has 1 aromatic carbocycles. The molecule has 4 aromatic rings. The second-order valence-corrected chi connectivity index (χ2v) is 10.1. The summed E-state index contributed by atoms with van der Waals surface area (Å²) >= 11 is 0. The number of hydrogen-bond acceptors (Lipinski definition) is 5. The monoisotopic (exact) mass is 499 g/mol. The number of imidazole rings is 1. The summed E-state index contributed by atoms with van der Waals surface area (Å²) in [6.07, 6.45) is 15.6. The number of H-pyrrole nitrogens is 1. The van der Waals surface area contributed by atoms with E-state index >= 15 is 0 Å². The van der Waals surface area contributed by atoms with Crippen LogP contribution < -0.4 is 16.4 Å². The third kappa shape index (κ3) is 6.02. The maximum Gasteiger partial charge on any atom is 0.255 e. The number of amides is 1. The van der Waals surface area contributed by atoms with Gasteiger partial charge in [-0.2, -0.15) is 0 Å². The van der Waals surface area contributed by atoms with E-state index in [1.54, 1.807) is 18.7 Å². The quantitative estimate of drug-likeness (QED) is 0.227. The van der Waals surface area contributed by atoms with Crippen LogP contribution >= 0.6 is 0 Å². The SMILES string of the molecule is CCCCCc1cc2c(N[C@H]3CC[C@H](N)CC3)c(C(=O)NCc3ccc(-n4ccnc4)cc3)cnc2[nH]1. The normalized spacial score (nSPS) is 17.7. The lowest BCUT2D eigenvalue weighted by molar-refractivity contribution is 0.0951. The number of carbonyl (C=O) groups excluding carboxylic acids is 1. The Balaban J connectivity index is 1.35. The smallest absolute Gasteiger partial charge is 0.255 e. The Kier molecular flexibility index (Phi) is 7.84. The number of carbonyl (C=O) groups is 1. The van der Waals surface area contributed by atoms with E-state index < -0.39 is 0 Å². The van der Waals surface area contributed by atoms with Crippen molar-refractivity contribution in [2.24, 2.45) is 5.73 Å². The van der Waals surface area contributed by atoms with E-state index in [1.165, 1.54) is 18.5 Å². The molecule has 0 unspecified atom stereocenters. The Labute approximate surface area is 218 Å². The van der Waals surface area contributed by atoms with E-state index in [4.69, 9.17) is 5.73 Å². The molecular weight excluding hydrogens is 462 g/mol. The molecule has 0 radical (unpaired) electrons. The minimum atomic E-state index is -0.128. The van der Waals surface area contributed by atoms with Crippen molar-refractivity contribution in [3.63, 3.8) is 0 Å². The van der Waals surface area contributed by atoms with Gasteiger partial charge in [0.05, 0.1) is 17.6 Å². The summed E-state index contributed by atoms with van der Waals surface area (Å²) in [6.45, 7) is 2.65. The number of nitrogens with one attached hydrogen (secondary N) is 3. The number of benzene rings is 1. The Morgan fingerprint density at radius 3 is 2.70 bits per heavy atom. The molecule has 1 fully saturated rings. The van der Waals surface area contributed by atoms with Gasteiger partial charge < -0.3 is 25.9 Å². The van der Waals surface area contributed by atoms with Gasteiger partial charge in [0.25, 0.3) is 5.91 Å². The topological polar surface area (TPSA) is 114 Å². The van der Waals surface area contributed by atoms with E-state index in [2.05, 4.69) is 38.6 Å². The second kappa shape index (κ2) is 11.6. The van der Waals surface area contributed by atoms with Gasteiger partial charge >= 0.3 is 0 Å². The van der Waals surface area contributed by atoms with Crippen LogP contribution in [-0.4, -0.2) is 37.5 Å². The van der Waals surface area contributed by atoms with Gasteiger partial charge in [-0.3, -0.25) is 4.79 Å². The molecule has 1 aliphatic rings. The third-order valence-corrected chi connectivity index (χ3v) is 7.32. The number of unbranched alkanes of at least 4 members (excludes halogenated alkanes) is 2. The lowest BCUT2D eigenvalue weighted by atomic mass is 9.91. The highest BCUT2D eigenvalue weighted by atomic mass is 16.1. The average molecular weight is 500 g/mol. The summed E-state index contributed by atoms with van der Waals surface area (Å²) in [5.41, 5.74) is 11.6. The summed E-state index contributed by atoms with van der Waals surface area (Å²) in [5, 5.41) is 7.79. The minimum Gasteiger partial charge on any atom is -0.381 e. The number of nitrogens with two attached hydrogens (primary N) is 1. The molecular formula is C29H37N7O. The Bertz CT molecular complexity index is 1300. The van der Waals surface area contributed by atoms with Crippen LogP contribution in [0.4, 0.5) is 5.69 Å². The van der Waals surface area contributed by atoms with Crippen LogP contribution in [-0.2, 0) is 13.0 Å². The van der Waals surface area contributed by atoms with Crippen LogP contribution in [0.3, 0.4) is 0 Å². The van der Waals surface area contributed by atoms with Gasteiger partial charge in [-0.15, -0.1) is 0 Å². The van der Waals surface area contributed by atoms with Crippen LogP contribution in [0, 0.1) is 0 Å². The molecule has 1 amide bonds. The van der Waals surface area contributed by atoms with E-state index in [9.17, 15) is 4.79 Å². The number of hydrogen-bond donors (Lipinski definition) is 4. The van der Waals surface area contributed by atoms with Crippen LogP contribution in [0.1, 0.15) is 73.5 Å². The molecule has 1 aliphatic carbocycles. The van der Waals surface area contributed by atoms with E-state index in [0.717, 1.165) is 66.5 Å². The summed E-state index contributed by atoms with van der Waals surface area (Å²) in [7, 11) is 0. The van der Waals surface area contributed by atoms with Crippen molar-refractivity contribution in [2.75, 3.05) is 5.32 Å². The number of pyridine rings is 1. The molecule has 0 saturated heterocycles. The first-order valence-corrected chi connectivity index (χ1v) is 13.5. The van der Waals surface area contributed by atoms with E-state index in [1.807, 2.05) is 35.0 Å². The zero-order valence-corrected chi connectivity index (χ0v) is 21.5. The van der Waals surface area contributed by atoms with Gasteiger partial charge in [0.2, 0.25) is 0 Å². The molecule has 194 valence electrons. The molecule has 3 heterocycles. The van der Waals surface area contributed by atoms with Crippen molar-refractivity contribution in [1.82, 2.24) is 24.8 Å². The highest BCUT2D eigenvalue weighted by Gasteiger charge is 2.23. The fourth-order valence-electron chi connectivity index (χ4n) is 5.10. The maximum absolute atomic E-state index is 13.4. The molecule has 8 nitrogen and oxygen atoms in total. The minimum absolute atomic E-state index is 0.128. The van der Waals surface area contributed by atoms with Crippen molar-refractivity contribution in [3.8, 4) is 5.69 Å². The number of aryl methyl sites for hydroxylation is 1. The van der Waals surface area contributed by atoms with E-state index in [-0.39, 0.29) is 11.9 Å². The van der Waals surface area contributed by atoms with Gasteiger partial charge in [-0.25, -0.2) is 9.97 Å². The van der Waals surface area contributed by atoms with Gasteiger partial charge in [-0.1, -0.05) is 31.9 Å². The number of rotatable bonds is 10. The highest BCUT2D eigenvalue weighted by Crippen LogP contribution is 2.31. The Hall–Kier alpha value is -3.65. The van der Waals surface area contributed by atoms with E-state index in [0.29, 0.717) is 18.2 Å². The van der Waals surface area contributed by atoms with Crippen molar-refractivity contribution in [1.29, 1.82) is 0 Å². The molecule has 1 saturated carbocycles. The van der Waals surface area contributed by atoms with Crippen LogP contribution in [0.25, 0.3) is 16.7 Å². The molecule has 3 aromatic heterocycles. The second-order valence-electron chi connectivity index (χ2n) is 10.1. The standard InChI is InChI=1S/C29H37N7O/c1-2-3-4-5-23-16-25-27(34-22-10-8-21(30)9-11-22)26(18-32-28(25)35-23)29(37)33-17-20-6-12-24(13-7-20)36-15-14-31-19-36/h6-7,12-16,18-19,21-22H,2-5,8-11,17,30H2,1H3,(H,33,37)(H2,32,34,35)/t21-,22-. The number of anilines is 1. The molecule has 8 heteroatoms. The molecule has 0 aliphatic heterocycles. The van der Waals surface area contributed by atoms with Crippen molar-refractivity contribution >= 4 is 22.6 Å². The molecule has 5 N–H and O–H groups in total. The van der Waals surface area contributed by atoms with Crippen LogP contribution in [0.15, 0.2) is 55.2 Å². The lowest BCUT2D eigenvalue weighted by Crippen LogP contribution is -2.33. The van der Waals surface area contributed by atoms with Crippen molar-refractivity contribution in [3.05, 3.63) is 72.1 Å². The predicted molar refractivity (Wildman–Crippen MR) is 148 cm³/mol. The van der Waals surface area contributed by atoms with Gasteiger partial charge in [0, 0.05) is 54.0 Å². The first kappa shape index (κ1) is 25.0. The van der Waals surface area contributed by atoms with Crippen LogP contribution in [0.2, 0.25) is 0 Å². The molecule has 0 bridgehead atoms. The molecule has 0 atom stereocenters. The fraction of sp³-hybridized carbons (Fsp3) is 0.414. The summed E-state index contributed by atoms with van der Waals surface area (Å²) < 4.78 is 1.95. The number of fused-ring (bicyclic) bond motifs is 1. The van der Waals surface area contributed by atoms with Gasteiger partial charge in [0.15, 0.2) is 0 Å². The van der Waals surface area contributed by atoms with Gasteiger partial charge in [-0.05, 0) is 62.3 Å². The van der Waals surface area contributed by atoms with Crippen LogP contribution in [0.5, 0.6) is 0 Å². The molecule has 5 rings (SSSR count). The highest BCUT2D eigenvalue weighted by molar-refractivity contribution is 6.06. The predicted octanol–water partition coefficient (Wildman–Crippen LogP) is 5.09. The van der Waals surface area contributed by atoms with Crippen molar-refractivity contribution in [2.45, 2.75) is 76.9 Å². The zero-order valence-electron chi connectivity index (χ0n) is 21.5. The summed E-state index contributed by atoms with van der Waals surface area (Å²) in [6, 6.07) is 10.8. The lowest BCUT2D eigenvalue weighted by Gasteiger charge is -2.28. The van der Waals surface area contributed by atoms with Crippen molar-refractivity contribution < 1.29 is 4.79 Å². The Morgan fingerprint density at radius 2 is 1.97 bits per heavy atom. The first-order chi connectivity index (χ1) is 18.1. The number of aromatic amines is 1. The largest absolute Gasteiger partial charge is 0.381 e. The molecule has 0 spiro atoms. The fourth-order valence-corrected chi connectivity index (χ4v) is 5.10. The summed E-state index contributed by atoms with van der Waals surface area (Å²) in [5.74, 6) is -0.128.